The van der Waals surface area contributed by atoms with Gasteiger partial charge in [0.05, 0.1) is 35.8 Å². The summed E-state index contributed by atoms with van der Waals surface area (Å²) in [4.78, 5) is 34.3. The highest BCUT2D eigenvalue weighted by atomic mass is 19.1. The molecule has 238 valence electrons. The topological polar surface area (TPSA) is 151 Å². The van der Waals surface area contributed by atoms with Gasteiger partial charge in [-0.25, -0.2) is 19.3 Å². The lowest BCUT2D eigenvalue weighted by molar-refractivity contribution is 0.0725. The van der Waals surface area contributed by atoms with Gasteiger partial charge < -0.3 is 30.5 Å². The van der Waals surface area contributed by atoms with Crippen molar-refractivity contribution in [2.24, 2.45) is 0 Å². The number of nitrogens with one attached hydrogen (secondary N) is 4. The molecule has 2 aromatic carbocycles. The second-order valence-electron chi connectivity index (χ2n) is 12.1. The third-order valence-corrected chi connectivity index (χ3v) is 8.80. The van der Waals surface area contributed by atoms with Gasteiger partial charge >= 0.3 is 0 Å². The monoisotopic (exact) mass is 624 g/mol. The van der Waals surface area contributed by atoms with Crippen LogP contribution in [-0.2, 0) is 19.4 Å². The Morgan fingerprint density at radius 1 is 1.15 bits per heavy atom. The van der Waals surface area contributed by atoms with Crippen LogP contribution in [0.2, 0.25) is 0 Å². The number of amides is 1. The maximum absolute atomic E-state index is 14.2. The zero-order valence-electron chi connectivity index (χ0n) is 25.9. The molecule has 5 aromatic rings. The molecule has 1 fully saturated rings. The van der Waals surface area contributed by atoms with Crippen LogP contribution in [0.1, 0.15) is 40.8 Å². The van der Waals surface area contributed by atoms with E-state index in [9.17, 15) is 14.3 Å². The molecule has 0 saturated carbocycles. The van der Waals surface area contributed by atoms with Crippen LogP contribution in [0.25, 0.3) is 33.5 Å². The number of aromatic amines is 2. The number of likely N-dealkylation sites (N-methyl/N-ethyl adjacent to an activating group) is 1. The number of phenols is 1. The highest BCUT2D eigenvalue weighted by molar-refractivity contribution is 5.94. The number of anilines is 1. The van der Waals surface area contributed by atoms with Crippen molar-refractivity contribution in [1.29, 1.82) is 0 Å². The van der Waals surface area contributed by atoms with Gasteiger partial charge in [0.25, 0.3) is 5.91 Å². The number of aromatic nitrogens is 6. The van der Waals surface area contributed by atoms with Gasteiger partial charge in [-0.15, -0.1) is 0 Å². The second-order valence-corrected chi connectivity index (χ2v) is 12.1. The van der Waals surface area contributed by atoms with E-state index in [0.29, 0.717) is 55.0 Å². The molecule has 3 aromatic heterocycles. The van der Waals surface area contributed by atoms with Crippen LogP contribution in [0.4, 0.5) is 10.2 Å². The molecule has 2 aliphatic rings. The normalized spacial score (nSPS) is 15.2. The van der Waals surface area contributed by atoms with Gasteiger partial charge in [-0.3, -0.25) is 9.89 Å². The molecule has 1 amide bonds. The Kier molecular flexibility index (Phi) is 8.09. The minimum Gasteiger partial charge on any atom is -0.505 e. The number of halogens is 1. The van der Waals surface area contributed by atoms with E-state index in [-0.39, 0.29) is 11.7 Å². The highest BCUT2D eigenvalue weighted by Crippen LogP contribution is 2.34. The van der Waals surface area contributed by atoms with Crippen molar-refractivity contribution >= 4 is 22.6 Å². The first-order valence-electron chi connectivity index (χ1n) is 15.7. The maximum atomic E-state index is 14.2. The average Bonchev–Trinajstić information content (AvgIpc) is 3.68. The number of phenolic OH excluding ortho intramolecular Hbond substituents is 1. The Morgan fingerprint density at radius 3 is 2.80 bits per heavy atom. The lowest BCUT2D eigenvalue weighted by atomic mass is 9.96. The SMILES string of the molecule is CCc1cc(O)c(F)cc1-c1ccc2c(-c3nc4c([nH]3)CN(C(=O)c3cnc(NCCCNC5CN(C)C5)cn3)CC4)n[nH]c2c1. The van der Waals surface area contributed by atoms with Crippen LogP contribution in [-0.4, -0.2) is 96.8 Å². The van der Waals surface area contributed by atoms with Crippen LogP contribution in [0.5, 0.6) is 5.75 Å². The molecular formula is C33H37FN10O2. The molecule has 1 saturated heterocycles. The Morgan fingerprint density at radius 2 is 2.02 bits per heavy atom. The fraction of sp³-hybridized carbons (Fsp3) is 0.364. The van der Waals surface area contributed by atoms with Crippen molar-refractivity contribution in [2.45, 2.75) is 38.8 Å². The van der Waals surface area contributed by atoms with E-state index in [1.807, 2.05) is 25.1 Å². The molecule has 0 atom stereocenters. The summed E-state index contributed by atoms with van der Waals surface area (Å²) in [6.45, 7) is 6.80. The molecule has 12 nitrogen and oxygen atoms in total. The van der Waals surface area contributed by atoms with Crippen LogP contribution in [0.15, 0.2) is 42.7 Å². The summed E-state index contributed by atoms with van der Waals surface area (Å²) >= 11 is 0. The molecule has 0 radical (unpaired) electrons. The first kappa shape index (κ1) is 29.8. The van der Waals surface area contributed by atoms with Gasteiger partial charge in [0.2, 0.25) is 0 Å². The third kappa shape index (κ3) is 5.90. The van der Waals surface area contributed by atoms with Crippen molar-refractivity contribution in [3.8, 4) is 28.4 Å². The van der Waals surface area contributed by atoms with Crippen molar-refractivity contribution in [3.05, 3.63) is 71.2 Å². The molecule has 0 bridgehead atoms. The number of hydrogen-bond acceptors (Lipinski definition) is 9. The van der Waals surface area contributed by atoms with Crippen LogP contribution in [0, 0.1) is 5.82 Å². The van der Waals surface area contributed by atoms with Gasteiger partial charge in [-0.2, -0.15) is 5.10 Å². The summed E-state index contributed by atoms with van der Waals surface area (Å²) in [5.41, 5.74) is 5.93. The molecule has 0 unspecified atom stereocenters. The minimum atomic E-state index is -0.654. The number of aryl methyl sites for hydroxylation is 1. The highest BCUT2D eigenvalue weighted by Gasteiger charge is 2.27. The van der Waals surface area contributed by atoms with E-state index in [0.717, 1.165) is 71.6 Å². The van der Waals surface area contributed by atoms with Crippen LogP contribution in [0.3, 0.4) is 0 Å². The lowest BCUT2D eigenvalue weighted by Gasteiger charge is -2.36. The number of carbonyl (C=O) groups is 1. The quantitative estimate of drug-likeness (QED) is 0.147. The molecule has 2 aliphatic heterocycles. The van der Waals surface area contributed by atoms with Crippen molar-refractivity contribution in [3.63, 3.8) is 0 Å². The number of hydrogen-bond donors (Lipinski definition) is 5. The largest absolute Gasteiger partial charge is 0.505 e. The van der Waals surface area contributed by atoms with Gasteiger partial charge in [0.15, 0.2) is 17.4 Å². The van der Waals surface area contributed by atoms with Gasteiger partial charge in [-0.1, -0.05) is 13.0 Å². The number of imidazole rings is 1. The predicted octanol–water partition coefficient (Wildman–Crippen LogP) is 3.72. The number of fused-ring (bicyclic) bond motifs is 2. The van der Waals surface area contributed by atoms with Gasteiger partial charge in [0, 0.05) is 44.0 Å². The van der Waals surface area contributed by atoms with Crippen molar-refractivity contribution in [1.82, 2.24) is 45.2 Å². The van der Waals surface area contributed by atoms with E-state index in [1.165, 1.54) is 18.3 Å². The van der Waals surface area contributed by atoms with Gasteiger partial charge in [0.1, 0.15) is 17.2 Å². The number of H-pyrrole nitrogens is 2. The average molecular weight is 625 g/mol. The summed E-state index contributed by atoms with van der Waals surface area (Å²) in [7, 11) is 2.12. The molecule has 5 N–H and O–H groups in total. The van der Waals surface area contributed by atoms with Crippen LogP contribution >= 0.6 is 0 Å². The summed E-state index contributed by atoms with van der Waals surface area (Å²) in [6.07, 6.45) is 5.37. The van der Waals surface area contributed by atoms with E-state index in [2.05, 4.69) is 47.7 Å². The van der Waals surface area contributed by atoms with Crippen molar-refractivity contribution < 1.29 is 14.3 Å². The first-order valence-corrected chi connectivity index (χ1v) is 15.7. The van der Waals surface area contributed by atoms with E-state index in [1.54, 1.807) is 11.1 Å². The maximum Gasteiger partial charge on any atom is 0.274 e. The number of benzene rings is 2. The molecule has 0 aliphatic carbocycles. The molecule has 46 heavy (non-hydrogen) atoms. The Balaban J connectivity index is 0.992. The summed E-state index contributed by atoms with van der Waals surface area (Å²) in [5.74, 6) is 0.0918. The van der Waals surface area contributed by atoms with Gasteiger partial charge in [-0.05, 0) is 67.4 Å². The van der Waals surface area contributed by atoms with E-state index in [4.69, 9.17) is 4.98 Å². The summed E-state index contributed by atoms with van der Waals surface area (Å²) in [6, 6.07) is 9.22. The predicted molar refractivity (Wildman–Crippen MR) is 173 cm³/mol. The molecular weight excluding hydrogens is 587 g/mol. The zero-order valence-corrected chi connectivity index (χ0v) is 25.9. The fourth-order valence-electron chi connectivity index (χ4n) is 6.24. The standard InChI is InChI=1S/C33H37FN10O2/c1-3-19-12-29(45)24(34)13-23(19)20-5-6-22-26(11-20)41-42-31(22)32-39-25-7-10-44(18-28(25)40-32)33(46)27-14-38-30(15-37-27)36-9-4-8-35-21-16-43(2)17-21/h5-6,11-15,21,35,45H,3-4,7-10,16-18H2,1-2H3,(H,36,38)(H,39,40)(H,41,42). The molecule has 0 spiro atoms. The number of likely N-dealkylation sites (tertiary alicyclic amines) is 1. The Hall–Kier alpha value is -4.88. The van der Waals surface area contributed by atoms with Crippen LogP contribution < -0.4 is 10.6 Å². The van der Waals surface area contributed by atoms with Crippen molar-refractivity contribution in [2.75, 3.05) is 45.1 Å². The lowest BCUT2D eigenvalue weighted by Crippen LogP contribution is -2.56. The molecule has 7 rings (SSSR count). The molecule has 5 heterocycles. The second kappa shape index (κ2) is 12.5. The Bertz CT molecular complexity index is 1880. The number of nitrogens with zero attached hydrogens (tertiary/aromatic N) is 6. The van der Waals surface area contributed by atoms with E-state index < -0.39 is 5.82 Å². The number of rotatable bonds is 10. The van der Waals surface area contributed by atoms with E-state index >= 15 is 0 Å². The minimum absolute atomic E-state index is 0.176. The summed E-state index contributed by atoms with van der Waals surface area (Å²) in [5, 5.41) is 25.1. The smallest absolute Gasteiger partial charge is 0.274 e. The Labute approximate surface area is 265 Å². The summed E-state index contributed by atoms with van der Waals surface area (Å²) < 4.78 is 14.2. The zero-order chi connectivity index (χ0) is 31.8. The number of carbonyl (C=O) groups excluding carboxylic acids is 1. The fourth-order valence-corrected chi connectivity index (χ4v) is 6.24. The first-order chi connectivity index (χ1) is 22.4. The third-order valence-electron chi connectivity index (χ3n) is 8.80. The molecule has 13 heteroatoms. The number of aromatic hydroxyl groups is 1.